The Morgan fingerprint density at radius 1 is 0.830 bits per heavy atom. The van der Waals surface area contributed by atoms with E-state index in [1.165, 1.54) is 0 Å². The number of benzene rings is 3. The Labute approximate surface area is 308 Å². The molecule has 2 aliphatic rings. The number of amides is 5. The Bertz CT molecular complexity index is 1790. The maximum atomic E-state index is 13.5. The Morgan fingerprint density at radius 2 is 1.47 bits per heavy atom. The molecule has 5 amide bonds. The summed E-state index contributed by atoms with van der Waals surface area (Å²) in [6.45, 7) is 1.78. The minimum absolute atomic E-state index is 0.0879. The maximum absolute atomic E-state index is 13.5. The van der Waals surface area contributed by atoms with Crippen LogP contribution >= 0.6 is 0 Å². The minimum atomic E-state index is -0.610. The van der Waals surface area contributed by atoms with Crippen LogP contribution in [0.15, 0.2) is 66.7 Å². The molecule has 0 radical (unpaired) electrons. The second-order valence-electron chi connectivity index (χ2n) is 13.1. The van der Waals surface area contributed by atoms with Gasteiger partial charge in [0.1, 0.15) is 5.75 Å². The molecule has 3 aromatic carbocycles. The lowest BCUT2D eigenvalue weighted by molar-refractivity contribution is -0.122. The predicted molar refractivity (Wildman–Crippen MR) is 201 cm³/mol. The first-order valence-corrected chi connectivity index (χ1v) is 17.8. The number of nitrogens with zero attached hydrogens (tertiary/aromatic N) is 1. The van der Waals surface area contributed by atoms with Gasteiger partial charge in [0.2, 0.25) is 5.91 Å². The molecule has 1 heterocycles. The fourth-order valence-electron chi connectivity index (χ4n) is 5.74. The highest BCUT2D eigenvalue weighted by atomic mass is 16.5. The number of carbonyl (C=O) groups is 5. The number of carbonyl (C=O) groups excluding carboxylic acids is 5. The quantitative estimate of drug-likeness (QED) is 0.0546. The van der Waals surface area contributed by atoms with Crippen molar-refractivity contribution in [3.05, 3.63) is 89.0 Å². The van der Waals surface area contributed by atoms with Crippen molar-refractivity contribution >= 4 is 46.9 Å². The smallest absolute Gasteiger partial charge is 0.262 e. The average molecular weight is 726 g/mol. The number of ether oxygens (including phenoxy) is 1. The van der Waals surface area contributed by atoms with Gasteiger partial charge in [-0.25, -0.2) is 0 Å². The normalized spacial score (nSPS) is 13.7. The molecule has 15 nitrogen and oxygen atoms in total. The van der Waals surface area contributed by atoms with Crippen LogP contribution in [0.2, 0.25) is 0 Å². The lowest BCUT2D eigenvalue weighted by Crippen LogP contribution is -2.41. The molecule has 1 aliphatic carbocycles. The van der Waals surface area contributed by atoms with E-state index < -0.39 is 6.04 Å². The van der Waals surface area contributed by atoms with Gasteiger partial charge in [-0.2, -0.15) is 0 Å². The summed E-state index contributed by atoms with van der Waals surface area (Å²) in [6.07, 6.45) is 5.29. The average Bonchev–Trinajstić information content (AvgIpc) is 4.00. The van der Waals surface area contributed by atoms with Gasteiger partial charge in [0, 0.05) is 54.6 Å². The molecule has 5 rings (SSSR count). The summed E-state index contributed by atoms with van der Waals surface area (Å²) in [5.74, 6) is -0.722. The number of anilines is 2. The van der Waals surface area contributed by atoms with Crippen LogP contribution in [0.5, 0.6) is 5.75 Å². The van der Waals surface area contributed by atoms with E-state index in [-0.39, 0.29) is 48.1 Å². The number of rotatable bonds is 18. The molecular weight excluding hydrogens is 678 g/mol. The third-order valence-electron chi connectivity index (χ3n) is 8.87. The highest BCUT2D eigenvalue weighted by molar-refractivity contribution is 6.04. The zero-order valence-corrected chi connectivity index (χ0v) is 29.5. The van der Waals surface area contributed by atoms with Crippen molar-refractivity contribution in [2.45, 2.75) is 63.6 Å². The van der Waals surface area contributed by atoms with Crippen molar-refractivity contribution < 1.29 is 28.7 Å². The van der Waals surface area contributed by atoms with Crippen LogP contribution in [0.25, 0.3) is 0 Å². The van der Waals surface area contributed by atoms with Crippen LogP contribution in [0, 0.1) is 5.41 Å². The summed E-state index contributed by atoms with van der Waals surface area (Å²) in [6, 6.07) is 18.3. The van der Waals surface area contributed by atoms with E-state index in [1.807, 2.05) is 17.0 Å². The largest absolute Gasteiger partial charge is 0.482 e. The van der Waals surface area contributed by atoms with Crippen molar-refractivity contribution in [3.63, 3.8) is 0 Å². The molecule has 1 atom stereocenters. The Balaban J connectivity index is 1.00. The van der Waals surface area contributed by atoms with Gasteiger partial charge in [0.05, 0.1) is 11.7 Å². The first kappa shape index (κ1) is 38.3. The number of hydrogen-bond acceptors (Lipinski definition) is 8. The van der Waals surface area contributed by atoms with Gasteiger partial charge in [0.25, 0.3) is 23.6 Å². The SMILES string of the molecule is N=C(N)NCCC[C@H](N)C(=O)NCCCCCNC(=O)c1ccc(NC(=O)c2ccc(CN(C(=O)c3ccc4c(c3)OCC(=O)N4)C3CC3)cc2)cc1. The molecule has 0 bridgehead atoms. The zero-order chi connectivity index (χ0) is 37.7. The minimum Gasteiger partial charge on any atom is -0.482 e. The van der Waals surface area contributed by atoms with Crippen LogP contribution in [0.4, 0.5) is 11.4 Å². The van der Waals surface area contributed by atoms with Crippen LogP contribution in [-0.4, -0.2) is 78.7 Å². The van der Waals surface area contributed by atoms with Gasteiger partial charge in [0.15, 0.2) is 12.6 Å². The van der Waals surface area contributed by atoms with Gasteiger partial charge < -0.3 is 47.7 Å². The monoisotopic (exact) mass is 725 g/mol. The summed E-state index contributed by atoms with van der Waals surface area (Å²) < 4.78 is 5.49. The number of fused-ring (bicyclic) bond motifs is 1. The van der Waals surface area contributed by atoms with E-state index in [1.54, 1.807) is 54.6 Å². The maximum Gasteiger partial charge on any atom is 0.262 e. The van der Waals surface area contributed by atoms with Crippen LogP contribution in [-0.2, 0) is 16.1 Å². The van der Waals surface area contributed by atoms with Gasteiger partial charge >= 0.3 is 0 Å². The van der Waals surface area contributed by atoms with Crippen molar-refractivity contribution in [1.82, 2.24) is 20.9 Å². The van der Waals surface area contributed by atoms with Crippen LogP contribution in [0.3, 0.4) is 0 Å². The number of nitrogens with one attached hydrogen (secondary N) is 6. The fraction of sp³-hybridized carbons (Fsp3) is 0.368. The molecule has 280 valence electrons. The molecule has 15 heteroatoms. The zero-order valence-electron chi connectivity index (χ0n) is 29.5. The van der Waals surface area contributed by atoms with Gasteiger partial charge in [-0.1, -0.05) is 12.1 Å². The molecule has 53 heavy (non-hydrogen) atoms. The first-order chi connectivity index (χ1) is 25.6. The van der Waals surface area contributed by atoms with Gasteiger partial charge in [-0.05, 0) is 105 Å². The molecule has 0 saturated heterocycles. The van der Waals surface area contributed by atoms with Gasteiger partial charge in [-0.15, -0.1) is 0 Å². The first-order valence-electron chi connectivity index (χ1n) is 17.8. The number of guanidine groups is 1. The van der Waals surface area contributed by atoms with E-state index in [0.29, 0.717) is 72.8 Å². The standard InChI is InChI=1S/C38H47N9O6/c39-30(5-4-20-44-38(40)41)36(51)43-19-3-1-2-18-42-34(49)25-10-13-28(14-11-25)45-35(50)26-8-6-24(7-9-26)22-47(29-15-16-29)37(52)27-12-17-31-32(21-27)53-23-33(48)46-31/h6-14,17,21,29-30H,1-5,15-16,18-20,22-23,39H2,(H,42,49)(H,43,51)(H,45,50)(H,46,48)(H4,40,41,44)/t30-/m0/s1. The molecule has 1 aliphatic heterocycles. The summed E-state index contributed by atoms with van der Waals surface area (Å²) in [4.78, 5) is 64.6. The molecule has 10 N–H and O–H groups in total. The van der Waals surface area contributed by atoms with Gasteiger partial charge in [-0.3, -0.25) is 29.4 Å². The Kier molecular flexibility index (Phi) is 13.4. The van der Waals surface area contributed by atoms with E-state index in [0.717, 1.165) is 37.7 Å². The summed E-state index contributed by atoms with van der Waals surface area (Å²) in [5.41, 5.74) is 14.5. The summed E-state index contributed by atoms with van der Waals surface area (Å²) >= 11 is 0. The second-order valence-corrected chi connectivity index (χ2v) is 13.1. The lowest BCUT2D eigenvalue weighted by Gasteiger charge is -2.24. The Morgan fingerprint density at radius 3 is 2.17 bits per heavy atom. The lowest BCUT2D eigenvalue weighted by atomic mass is 10.1. The molecule has 3 aromatic rings. The highest BCUT2D eigenvalue weighted by Crippen LogP contribution is 2.33. The van der Waals surface area contributed by atoms with Crippen molar-refractivity contribution in [1.29, 1.82) is 5.41 Å². The van der Waals surface area contributed by atoms with Crippen molar-refractivity contribution in [3.8, 4) is 5.75 Å². The molecule has 0 unspecified atom stereocenters. The van der Waals surface area contributed by atoms with E-state index in [2.05, 4.69) is 26.6 Å². The number of unbranched alkanes of at least 4 members (excludes halogenated alkanes) is 2. The van der Waals surface area contributed by atoms with Crippen LogP contribution < -0.4 is 42.8 Å². The van der Waals surface area contributed by atoms with E-state index in [9.17, 15) is 24.0 Å². The molecule has 0 aromatic heterocycles. The molecule has 1 fully saturated rings. The second kappa shape index (κ2) is 18.5. The molecule has 1 saturated carbocycles. The third-order valence-corrected chi connectivity index (χ3v) is 8.87. The van der Waals surface area contributed by atoms with Crippen LogP contribution in [0.1, 0.15) is 81.6 Å². The topological polar surface area (TPSA) is 234 Å². The highest BCUT2D eigenvalue weighted by Gasteiger charge is 2.33. The fourth-order valence-corrected chi connectivity index (χ4v) is 5.74. The van der Waals surface area contributed by atoms with Crippen molar-refractivity contribution in [2.75, 3.05) is 36.9 Å². The van der Waals surface area contributed by atoms with E-state index >= 15 is 0 Å². The van der Waals surface area contributed by atoms with Crippen molar-refractivity contribution in [2.24, 2.45) is 11.5 Å². The number of hydrogen-bond donors (Lipinski definition) is 8. The predicted octanol–water partition coefficient (Wildman–Crippen LogP) is 2.68. The Hall–Kier alpha value is -5.96. The molecule has 0 spiro atoms. The summed E-state index contributed by atoms with van der Waals surface area (Å²) in [7, 11) is 0. The van der Waals surface area contributed by atoms with E-state index in [4.69, 9.17) is 21.6 Å². The summed E-state index contributed by atoms with van der Waals surface area (Å²) in [5, 5.41) is 21.1. The third kappa shape index (κ3) is 11.5. The number of nitrogens with two attached hydrogens (primary N) is 2. The molecular formula is C38H47N9O6.